The zero-order chi connectivity index (χ0) is 11.5. The number of anilines is 1. The second kappa shape index (κ2) is 4.50. The van der Waals surface area contributed by atoms with Crippen molar-refractivity contribution in [3.05, 3.63) is 29.6 Å². The maximum absolute atomic E-state index is 13.3. The van der Waals surface area contributed by atoms with Gasteiger partial charge in [-0.2, -0.15) is 5.26 Å². The lowest BCUT2D eigenvalue weighted by molar-refractivity contribution is 0.484. The van der Waals surface area contributed by atoms with Gasteiger partial charge in [0.25, 0.3) is 0 Å². The third-order valence-electron chi connectivity index (χ3n) is 2.75. The molecule has 1 aromatic rings. The van der Waals surface area contributed by atoms with Crippen molar-refractivity contribution in [2.45, 2.75) is 13.0 Å². The molecule has 1 fully saturated rings. The summed E-state index contributed by atoms with van der Waals surface area (Å²) in [6, 6.07) is 6.85. The van der Waals surface area contributed by atoms with Gasteiger partial charge in [-0.3, -0.25) is 0 Å². The summed E-state index contributed by atoms with van der Waals surface area (Å²) in [5.41, 5.74) is 1.17. The normalized spacial score (nSPS) is 20.6. The molecule has 4 heteroatoms. The minimum absolute atomic E-state index is 0.347. The van der Waals surface area contributed by atoms with Crippen LogP contribution >= 0.6 is 0 Å². The van der Waals surface area contributed by atoms with Crippen LogP contribution in [-0.2, 0) is 0 Å². The second-order valence-electron chi connectivity index (χ2n) is 4.11. The van der Waals surface area contributed by atoms with Gasteiger partial charge in [-0.1, -0.05) is 0 Å². The molecular weight excluding hydrogens is 205 g/mol. The van der Waals surface area contributed by atoms with Gasteiger partial charge in [-0.25, -0.2) is 4.39 Å². The molecule has 0 spiro atoms. The molecule has 84 valence electrons. The predicted molar refractivity (Wildman–Crippen MR) is 60.8 cm³/mol. The molecule has 1 unspecified atom stereocenters. The lowest BCUT2D eigenvalue weighted by Gasteiger charge is -2.33. The monoisotopic (exact) mass is 219 g/mol. The van der Waals surface area contributed by atoms with E-state index >= 15 is 0 Å². The first kappa shape index (κ1) is 10.9. The number of benzene rings is 1. The number of hydrogen-bond donors (Lipinski definition) is 1. The number of hydrogen-bond acceptors (Lipinski definition) is 3. The molecular formula is C12H14FN3. The third kappa shape index (κ3) is 2.31. The zero-order valence-corrected chi connectivity index (χ0v) is 9.20. The van der Waals surface area contributed by atoms with E-state index in [4.69, 9.17) is 5.26 Å². The first-order chi connectivity index (χ1) is 7.69. The molecule has 3 nitrogen and oxygen atoms in total. The molecule has 2 rings (SSSR count). The summed E-state index contributed by atoms with van der Waals surface area (Å²) in [5, 5.41) is 12.1. The zero-order valence-electron chi connectivity index (χ0n) is 9.20. The number of piperazine rings is 1. The quantitative estimate of drug-likeness (QED) is 0.778. The van der Waals surface area contributed by atoms with Gasteiger partial charge in [0, 0.05) is 31.4 Å². The highest BCUT2D eigenvalue weighted by Gasteiger charge is 2.16. The van der Waals surface area contributed by atoms with Crippen molar-refractivity contribution < 1.29 is 4.39 Å². The van der Waals surface area contributed by atoms with Gasteiger partial charge in [0.2, 0.25) is 0 Å². The largest absolute Gasteiger partial charge is 0.369 e. The Kier molecular flexibility index (Phi) is 3.07. The van der Waals surface area contributed by atoms with Crippen molar-refractivity contribution >= 4 is 5.69 Å². The number of nitriles is 1. The minimum atomic E-state index is -0.347. The summed E-state index contributed by atoms with van der Waals surface area (Å²) in [7, 11) is 0. The Morgan fingerprint density at radius 1 is 1.50 bits per heavy atom. The van der Waals surface area contributed by atoms with Crippen LogP contribution in [0, 0.1) is 17.1 Å². The van der Waals surface area contributed by atoms with Crippen LogP contribution in [0.4, 0.5) is 10.1 Å². The summed E-state index contributed by atoms with van der Waals surface area (Å²) in [6.07, 6.45) is 0. The highest BCUT2D eigenvalue weighted by atomic mass is 19.1. The van der Waals surface area contributed by atoms with Gasteiger partial charge < -0.3 is 10.2 Å². The van der Waals surface area contributed by atoms with E-state index < -0.39 is 0 Å². The molecule has 0 aromatic heterocycles. The SMILES string of the molecule is CC1CN(c2cc(F)cc(C#N)c2)CCN1. The Labute approximate surface area is 94.5 Å². The Morgan fingerprint density at radius 3 is 3.00 bits per heavy atom. The maximum atomic E-state index is 13.3. The molecule has 0 aliphatic carbocycles. The van der Waals surface area contributed by atoms with Crippen LogP contribution in [0.5, 0.6) is 0 Å². The van der Waals surface area contributed by atoms with Crippen LogP contribution in [0.25, 0.3) is 0 Å². The van der Waals surface area contributed by atoms with Crippen molar-refractivity contribution in [1.29, 1.82) is 5.26 Å². The van der Waals surface area contributed by atoms with E-state index in [-0.39, 0.29) is 5.82 Å². The maximum Gasteiger partial charge on any atom is 0.126 e. The standard InChI is InChI=1S/C12H14FN3/c1-9-8-16(3-2-15-9)12-5-10(7-14)4-11(13)6-12/h4-6,9,15H,2-3,8H2,1H3. The number of nitrogens with zero attached hydrogens (tertiary/aromatic N) is 2. The van der Waals surface area contributed by atoms with E-state index in [0.29, 0.717) is 11.6 Å². The molecule has 1 aliphatic rings. The Bertz CT molecular complexity index is 425. The molecule has 0 bridgehead atoms. The van der Waals surface area contributed by atoms with Gasteiger partial charge in [-0.05, 0) is 25.1 Å². The van der Waals surface area contributed by atoms with Gasteiger partial charge in [-0.15, -0.1) is 0 Å². The predicted octanol–water partition coefficient (Wildman–Crippen LogP) is 1.50. The molecule has 0 saturated carbocycles. The van der Waals surface area contributed by atoms with Crippen LogP contribution in [0.1, 0.15) is 12.5 Å². The van der Waals surface area contributed by atoms with Crippen LogP contribution in [-0.4, -0.2) is 25.7 Å². The fourth-order valence-corrected chi connectivity index (χ4v) is 1.99. The van der Waals surface area contributed by atoms with E-state index in [1.807, 2.05) is 6.07 Å². The first-order valence-corrected chi connectivity index (χ1v) is 5.38. The summed E-state index contributed by atoms with van der Waals surface area (Å²) < 4.78 is 13.3. The summed E-state index contributed by atoms with van der Waals surface area (Å²) >= 11 is 0. The van der Waals surface area contributed by atoms with Gasteiger partial charge >= 0.3 is 0 Å². The van der Waals surface area contributed by atoms with Crippen molar-refractivity contribution in [2.24, 2.45) is 0 Å². The molecule has 1 aromatic carbocycles. The van der Waals surface area contributed by atoms with E-state index in [2.05, 4.69) is 17.1 Å². The van der Waals surface area contributed by atoms with Crippen LogP contribution in [0.2, 0.25) is 0 Å². The molecule has 1 heterocycles. The number of nitrogens with one attached hydrogen (secondary N) is 1. The Hall–Kier alpha value is -1.60. The molecule has 1 aliphatic heterocycles. The lowest BCUT2D eigenvalue weighted by Crippen LogP contribution is -2.49. The molecule has 0 amide bonds. The van der Waals surface area contributed by atoms with Crippen LogP contribution < -0.4 is 10.2 Å². The molecule has 1 saturated heterocycles. The molecule has 1 atom stereocenters. The minimum Gasteiger partial charge on any atom is -0.369 e. The Balaban J connectivity index is 2.26. The van der Waals surface area contributed by atoms with E-state index in [1.54, 1.807) is 6.07 Å². The molecule has 1 N–H and O–H groups in total. The van der Waals surface area contributed by atoms with Crippen LogP contribution in [0.15, 0.2) is 18.2 Å². The lowest BCUT2D eigenvalue weighted by atomic mass is 10.1. The molecule has 0 radical (unpaired) electrons. The van der Waals surface area contributed by atoms with Crippen molar-refractivity contribution in [1.82, 2.24) is 5.32 Å². The van der Waals surface area contributed by atoms with Gasteiger partial charge in [0.05, 0.1) is 11.6 Å². The van der Waals surface area contributed by atoms with E-state index in [1.165, 1.54) is 12.1 Å². The van der Waals surface area contributed by atoms with Crippen LogP contribution in [0.3, 0.4) is 0 Å². The third-order valence-corrected chi connectivity index (χ3v) is 2.75. The second-order valence-corrected chi connectivity index (χ2v) is 4.11. The number of halogens is 1. The average Bonchev–Trinajstić information content (AvgIpc) is 2.28. The summed E-state index contributed by atoms with van der Waals surface area (Å²) in [6.45, 7) is 4.67. The number of rotatable bonds is 1. The average molecular weight is 219 g/mol. The van der Waals surface area contributed by atoms with Gasteiger partial charge in [0.15, 0.2) is 0 Å². The topological polar surface area (TPSA) is 39.1 Å². The first-order valence-electron chi connectivity index (χ1n) is 5.38. The summed E-state index contributed by atoms with van der Waals surface area (Å²) in [5.74, 6) is -0.347. The van der Waals surface area contributed by atoms with E-state index in [9.17, 15) is 4.39 Å². The van der Waals surface area contributed by atoms with Crippen molar-refractivity contribution in [2.75, 3.05) is 24.5 Å². The fourth-order valence-electron chi connectivity index (χ4n) is 1.99. The highest BCUT2D eigenvalue weighted by molar-refractivity contribution is 5.52. The summed E-state index contributed by atoms with van der Waals surface area (Å²) in [4.78, 5) is 2.10. The Morgan fingerprint density at radius 2 is 2.31 bits per heavy atom. The van der Waals surface area contributed by atoms with Crippen molar-refractivity contribution in [3.8, 4) is 6.07 Å². The smallest absolute Gasteiger partial charge is 0.126 e. The van der Waals surface area contributed by atoms with Crippen molar-refractivity contribution in [3.63, 3.8) is 0 Å². The van der Waals surface area contributed by atoms with Gasteiger partial charge in [0.1, 0.15) is 5.82 Å². The fraction of sp³-hybridized carbons (Fsp3) is 0.417. The van der Waals surface area contributed by atoms with E-state index in [0.717, 1.165) is 25.3 Å². The molecule has 16 heavy (non-hydrogen) atoms. The highest BCUT2D eigenvalue weighted by Crippen LogP contribution is 2.19.